The smallest absolute Gasteiger partial charge is 0.124 e. The molecule has 0 radical (unpaired) electrons. The molecule has 0 unspecified atom stereocenters. The second kappa shape index (κ2) is 6.57. The molecule has 0 aliphatic carbocycles. The summed E-state index contributed by atoms with van der Waals surface area (Å²) in [5.41, 5.74) is 1.69. The van der Waals surface area contributed by atoms with E-state index in [1.54, 1.807) is 30.6 Å². The van der Waals surface area contributed by atoms with Gasteiger partial charge in [0.2, 0.25) is 0 Å². The third-order valence-corrected chi connectivity index (χ3v) is 4.20. The number of rotatable bonds is 3. The van der Waals surface area contributed by atoms with Crippen LogP contribution in [0.1, 0.15) is 11.1 Å². The number of para-hydroxylation sites is 1. The molecule has 120 valence electrons. The molecule has 4 aromatic rings. The second-order valence-corrected chi connectivity index (χ2v) is 5.78. The molecule has 3 heteroatoms. The average molecular weight is 324 g/mol. The van der Waals surface area contributed by atoms with Crippen LogP contribution in [0.5, 0.6) is 5.75 Å². The molecular weight excluding hydrogens is 308 g/mol. The quantitative estimate of drug-likeness (QED) is 0.316. The molecule has 0 amide bonds. The highest BCUT2D eigenvalue weighted by atomic mass is 16.3. The van der Waals surface area contributed by atoms with Crippen molar-refractivity contribution >= 4 is 34.0 Å². The molecule has 1 N–H and O–H groups in total. The van der Waals surface area contributed by atoms with Crippen molar-refractivity contribution in [1.82, 2.24) is 0 Å². The first kappa shape index (κ1) is 15.1. The molecule has 0 aromatic heterocycles. The molecule has 4 aromatic carbocycles. The number of hydrogen-bond donors (Lipinski definition) is 1. The first-order valence-corrected chi connectivity index (χ1v) is 8.08. The minimum atomic E-state index is 0.192. The van der Waals surface area contributed by atoms with E-state index in [0.717, 1.165) is 16.3 Å². The van der Waals surface area contributed by atoms with Crippen molar-refractivity contribution in [2.24, 2.45) is 10.2 Å². The van der Waals surface area contributed by atoms with E-state index in [-0.39, 0.29) is 5.75 Å². The monoisotopic (exact) mass is 324 g/mol. The van der Waals surface area contributed by atoms with Gasteiger partial charge in [0.1, 0.15) is 5.75 Å². The summed E-state index contributed by atoms with van der Waals surface area (Å²) < 4.78 is 0. The predicted molar refractivity (Wildman–Crippen MR) is 105 cm³/mol. The molecule has 0 saturated heterocycles. The van der Waals surface area contributed by atoms with Gasteiger partial charge in [-0.05, 0) is 39.7 Å². The van der Waals surface area contributed by atoms with Gasteiger partial charge in [0, 0.05) is 11.1 Å². The van der Waals surface area contributed by atoms with Gasteiger partial charge in [0.25, 0.3) is 0 Å². The number of nitrogens with zero attached hydrogens (tertiary/aromatic N) is 2. The summed E-state index contributed by atoms with van der Waals surface area (Å²) in [6, 6.07) is 25.8. The molecule has 0 aliphatic rings. The Morgan fingerprint density at radius 3 is 1.88 bits per heavy atom. The Balaban J connectivity index is 1.78. The summed E-state index contributed by atoms with van der Waals surface area (Å²) in [5.74, 6) is 0.192. The second-order valence-electron chi connectivity index (χ2n) is 5.78. The zero-order valence-electron chi connectivity index (χ0n) is 13.5. The lowest BCUT2D eigenvalue weighted by molar-refractivity contribution is 0.474. The molecule has 0 fully saturated rings. The average Bonchev–Trinajstić information content (AvgIpc) is 2.65. The normalized spacial score (nSPS) is 11.8. The van der Waals surface area contributed by atoms with Crippen molar-refractivity contribution in [3.63, 3.8) is 0 Å². The zero-order valence-corrected chi connectivity index (χ0v) is 13.5. The minimum absolute atomic E-state index is 0.192. The topological polar surface area (TPSA) is 45.0 Å². The third-order valence-electron chi connectivity index (χ3n) is 4.20. The maximum atomic E-state index is 9.77. The standard InChI is InChI=1S/C22H16N2O/c25-22-12-6-3-9-18(22)14-23-24-15-21-19-10-4-1-7-16(19)13-17-8-2-5-11-20(17)21/h1-15,25H/b23-14+,24-15?. The van der Waals surface area contributed by atoms with Crippen molar-refractivity contribution in [3.05, 3.63) is 90.0 Å². The maximum absolute atomic E-state index is 9.77. The lowest BCUT2D eigenvalue weighted by Gasteiger charge is -2.07. The van der Waals surface area contributed by atoms with Crippen LogP contribution in [0.2, 0.25) is 0 Å². The number of fused-ring (bicyclic) bond motifs is 2. The van der Waals surface area contributed by atoms with Gasteiger partial charge in [-0.25, -0.2) is 0 Å². The van der Waals surface area contributed by atoms with Crippen LogP contribution >= 0.6 is 0 Å². The van der Waals surface area contributed by atoms with Crippen molar-refractivity contribution in [2.75, 3.05) is 0 Å². The highest BCUT2D eigenvalue weighted by molar-refractivity contribution is 6.13. The fourth-order valence-electron chi connectivity index (χ4n) is 2.97. The van der Waals surface area contributed by atoms with E-state index in [4.69, 9.17) is 0 Å². The molecular formula is C22H16N2O. The summed E-state index contributed by atoms with van der Waals surface area (Å²) in [5, 5.41) is 22.7. The Labute approximate surface area is 145 Å². The van der Waals surface area contributed by atoms with Crippen LogP contribution in [0.15, 0.2) is 89.1 Å². The van der Waals surface area contributed by atoms with Crippen molar-refractivity contribution < 1.29 is 5.11 Å². The Morgan fingerprint density at radius 1 is 0.640 bits per heavy atom. The Bertz CT molecular complexity index is 1060. The lowest BCUT2D eigenvalue weighted by Crippen LogP contribution is -1.88. The van der Waals surface area contributed by atoms with Gasteiger partial charge in [0.05, 0.1) is 12.4 Å². The number of aromatic hydroxyl groups is 1. The largest absolute Gasteiger partial charge is 0.507 e. The van der Waals surface area contributed by atoms with Gasteiger partial charge in [-0.15, -0.1) is 0 Å². The first-order chi connectivity index (χ1) is 12.3. The van der Waals surface area contributed by atoms with E-state index in [2.05, 4.69) is 40.5 Å². The summed E-state index contributed by atoms with van der Waals surface area (Å²) in [7, 11) is 0. The van der Waals surface area contributed by atoms with Crippen LogP contribution < -0.4 is 0 Å². The molecule has 0 spiro atoms. The van der Waals surface area contributed by atoms with Crippen LogP contribution in [-0.2, 0) is 0 Å². The summed E-state index contributed by atoms with van der Waals surface area (Å²) in [4.78, 5) is 0. The van der Waals surface area contributed by atoms with Crippen molar-refractivity contribution in [1.29, 1.82) is 0 Å². The Hall–Kier alpha value is -3.46. The fourth-order valence-corrected chi connectivity index (χ4v) is 2.97. The van der Waals surface area contributed by atoms with E-state index in [1.165, 1.54) is 10.8 Å². The van der Waals surface area contributed by atoms with Crippen LogP contribution in [0.3, 0.4) is 0 Å². The zero-order chi connectivity index (χ0) is 17.1. The van der Waals surface area contributed by atoms with Gasteiger partial charge >= 0.3 is 0 Å². The van der Waals surface area contributed by atoms with E-state index in [0.29, 0.717) is 5.56 Å². The molecule has 0 saturated carbocycles. The van der Waals surface area contributed by atoms with Crippen LogP contribution in [0.25, 0.3) is 21.5 Å². The van der Waals surface area contributed by atoms with Crippen LogP contribution in [0.4, 0.5) is 0 Å². The molecule has 0 bridgehead atoms. The third kappa shape index (κ3) is 3.00. The molecule has 25 heavy (non-hydrogen) atoms. The SMILES string of the molecule is Oc1ccccc1/C=N/N=Cc1c2ccccc2cc2ccccc12. The highest BCUT2D eigenvalue weighted by Gasteiger charge is 2.05. The van der Waals surface area contributed by atoms with Gasteiger partial charge in [-0.2, -0.15) is 10.2 Å². The highest BCUT2D eigenvalue weighted by Crippen LogP contribution is 2.27. The number of hydrogen-bond acceptors (Lipinski definition) is 3. The molecule has 3 nitrogen and oxygen atoms in total. The first-order valence-electron chi connectivity index (χ1n) is 8.08. The lowest BCUT2D eigenvalue weighted by atomic mass is 9.97. The maximum Gasteiger partial charge on any atom is 0.124 e. The molecule has 0 heterocycles. The Morgan fingerprint density at radius 2 is 1.20 bits per heavy atom. The van der Waals surface area contributed by atoms with Crippen LogP contribution in [0, 0.1) is 0 Å². The number of phenolic OH excluding ortho intramolecular Hbond substituents is 1. The van der Waals surface area contributed by atoms with E-state index in [9.17, 15) is 5.11 Å². The van der Waals surface area contributed by atoms with Gasteiger partial charge < -0.3 is 5.11 Å². The fraction of sp³-hybridized carbons (Fsp3) is 0. The van der Waals surface area contributed by atoms with Gasteiger partial charge in [-0.3, -0.25) is 0 Å². The number of benzene rings is 4. The van der Waals surface area contributed by atoms with Crippen molar-refractivity contribution in [3.8, 4) is 5.75 Å². The van der Waals surface area contributed by atoms with Gasteiger partial charge in [0.15, 0.2) is 0 Å². The van der Waals surface area contributed by atoms with E-state index >= 15 is 0 Å². The summed E-state index contributed by atoms with van der Waals surface area (Å²) in [6.45, 7) is 0. The number of phenols is 1. The summed E-state index contributed by atoms with van der Waals surface area (Å²) >= 11 is 0. The van der Waals surface area contributed by atoms with E-state index in [1.807, 2.05) is 30.3 Å². The summed E-state index contributed by atoms with van der Waals surface area (Å²) in [6.07, 6.45) is 3.33. The molecule has 0 aliphatic heterocycles. The van der Waals surface area contributed by atoms with Crippen LogP contribution in [-0.4, -0.2) is 17.5 Å². The Kier molecular flexibility index (Phi) is 3.97. The molecule has 4 rings (SSSR count). The van der Waals surface area contributed by atoms with Gasteiger partial charge in [-0.1, -0.05) is 60.7 Å². The minimum Gasteiger partial charge on any atom is -0.507 e. The van der Waals surface area contributed by atoms with Crippen molar-refractivity contribution in [2.45, 2.75) is 0 Å². The predicted octanol–water partition coefficient (Wildman–Crippen LogP) is 5.15. The van der Waals surface area contributed by atoms with E-state index < -0.39 is 0 Å². The molecule has 0 atom stereocenters.